The highest BCUT2D eigenvalue weighted by Crippen LogP contribution is 2.27. The summed E-state index contributed by atoms with van der Waals surface area (Å²) in [7, 11) is 1.38. The molecule has 0 saturated heterocycles. The minimum atomic E-state index is -0.325. The lowest BCUT2D eigenvalue weighted by atomic mass is 10.0. The quantitative estimate of drug-likeness (QED) is 0.719. The number of nitrogens with one attached hydrogen (secondary N) is 1. The molecular formula is C20H20N2O2. The van der Waals surface area contributed by atoms with Gasteiger partial charge < -0.3 is 10.1 Å². The van der Waals surface area contributed by atoms with E-state index in [2.05, 4.69) is 42.3 Å². The highest BCUT2D eigenvalue weighted by Gasteiger charge is 2.11. The van der Waals surface area contributed by atoms with Gasteiger partial charge in [-0.3, -0.25) is 0 Å². The van der Waals surface area contributed by atoms with Gasteiger partial charge in [0, 0.05) is 17.6 Å². The zero-order valence-corrected chi connectivity index (χ0v) is 14.0. The zero-order chi connectivity index (χ0) is 17.1. The van der Waals surface area contributed by atoms with Crippen LogP contribution in [0.25, 0.3) is 10.8 Å². The zero-order valence-electron chi connectivity index (χ0n) is 14.0. The van der Waals surface area contributed by atoms with Gasteiger partial charge in [-0.1, -0.05) is 30.3 Å². The summed E-state index contributed by atoms with van der Waals surface area (Å²) in [6.07, 6.45) is 1.82. The van der Waals surface area contributed by atoms with Crippen molar-refractivity contribution < 1.29 is 9.53 Å². The van der Waals surface area contributed by atoms with Crippen LogP contribution in [-0.4, -0.2) is 18.1 Å². The highest BCUT2D eigenvalue weighted by atomic mass is 16.5. The van der Waals surface area contributed by atoms with Gasteiger partial charge in [0.1, 0.15) is 5.82 Å². The smallest absolute Gasteiger partial charge is 0.337 e. The van der Waals surface area contributed by atoms with Crippen molar-refractivity contribution in [2.75, 3.05) is 12.4 Å². The van der Waals surface area contributed by atoms with E-state index in [0.717, 1.165) is 16.8 Å². The van der Waals surface area contributed by atoms with Gasteiger partial charge in [-0.05, 0) is 48.6 Å². The van der Waals surface area contributed by atoms with Gasteiger partial charge in [0.25, 0.3) is 0 Å². The molecule has 1 atom stereocenters. The molecule has 2 aromatic carbocycles. The Morgan fingerprint density at radius 2 is 1.88 bits per heavy atom. The number of carbonyl (C=O) groups is 1. The Morgan fingerprint density at radius 3 is 2.58 bits per heavy atom. The lowest BCUT2D eigenvalue weighted by molar-refractivity contribution is 0.0600. The maximum Gasteiger partial charge on any atom is 0.337 e. The molecule has 0 amide bonds. The predicted octanol–water partition coefficient (Wildman–Crippen LogP) is 4.50. The molecule has 0 bridgehead atoms. The molecule has 4 nitrogen and oxygen atoms in total. The summed E-state index contributed by atoms with van der Waals surface area (Å²) in [6.45, 7) is 4.16. The number of fused-ring (bicyclic) bond motifs is 1. The third-order valence-corrected chi connectivity index (χ3v) is 4.18. The van der Waals surface area contributed by atoms with Crippen molar-refractivity contribution in [3.63, 3.8) is 0 Å². The van der Waals surface area contributed by atoms with Crippen LogP contribution in [0.2, 0.25) is 0 Å². The number of aromatic nitrogens is 1. The molecular weight excluding hydrogens is 300 g/mol. The minimum Gasteiger partial charge on any atom is -0.465 e. The van der Waals surface area contributed by atoms with Crippen LogP contribution in [0.4, 0.5) is 5.82 Å². The molecule has 0 saturated carbocycles. The summed E-state index contributed by atoms with van der Waals surface area (Å²) in [6, 6.07) is 15.7. The van der Waals surface area contributed by atoms with Crippen LogP contribution in [0.1, 0.15) is 34.5 Å². The van der Waals surface area contributed by atoms with Crippen molar-refractivity contribution in [3.05, 3.63) is 71.4 Å². The molecule has 0 aliphatic heterocycles. The van der Waals surface area contributed by atoms with Crippen LogP contribution >= 0.6 is 0 Å². The summed E-state index contributed by atoms with van der Waals surface area (Å²) in [5.74, 6) is 0.545. The molecule has 3 aromatic rings. The molecule has 0 unspecified atom stereocenters. The molecule has 4 heteroatoms. The Kier molecular flexibility index (Phi) is 4.47. The number of esters is 1. The van der Waals surface area contributed by atoms with Gasteiger partial charge in [0.15, 0.2) is 0 Å². The Morgan fingerprint density at radius 1 is 1.12 bits per heavy atom. The summed E-state index contributed by atoms with van der Waals surface area (Å²) in [5.41, 5.74) is 2.82. The van der Waals surface area contributed by atoms with Gasteiger partial charge >= 0.3 is 5.97 Å². The van der Waals surface area contributed by atoms with Gasteiger partial charge in [-0.25, -0.2) is 9.78 Å². The number of aryl methyl sites for hydroxylation is 1. The molecule has 0 radical (unpaired) electrons. The fourth-order valence-electron chi connectivity index (χ4n) is 2.83. The number of pyridine rings is 1. The van der Waals surface area contributed by atoms with Crippen molar-refractivity contribution in [1.82, 2.24) is 4.98 Å². The van der Waals surface area contributed by atoms with Crippen molar-refractivity contribution in [2.45, 2.75) is 19.9 Å². The highest BCUT2D eigenvalue weighted by molar-refractivity contribution is 5.94. The maximum atomic E-state index is 11.5. The third kappa shape index (κ3) is 3.08. The number of ether oxygens (including phenoxy) is 1. The molecule has 1 heterocycles. The first-order chi connectivity index (χ1) is 11.6. The van der Waals surface area contributed by atoms with E-state index in [1.807, 2.05) is 24.4 Å². The number of carbonyl (C=O) groups excluding carboxylic acids is 1. The second-order valence-electron chi connectivity index (χ2n) is 5.81. The average molecular weight is 320 g/mol. The van der Waals surface area contributed by atoms with Gasteiger partial charge in [-0.15, -0.1) is 0 Å². The van der Waals surface area contributed by atoms with Gasteiger partial charge in [0.2, 0.25) is 0 Å². The lowest BCUT2D eigenvalue weighted by Crippen LogP contribution is -2.09. The predicted molar refractivity (Wildman–Crippen MR) is 96.3 cm³/mol. The largest absolute Gasteiger partial charge is 0.465 e. The molecule has 0 fully saturated rings. The maximum absolute atomic E-state index is 11.5. The van der Waals surface area contributed by atoms with Crippen LogP contribution in [0.5, 0.6) is 0 Å². The van der Waals surface area contributed by atoms with Gasteiger partial charge in [0.05, 0.1) is 12.7 Å². The molecule has 3 rings (SSSR count). The van der Waals surface area contributed by atoms with Crippen molar-refractivity contribution in [1.29, 1.82) is 0 Å². The first-order valence-electron chi connectivity index (χ1n) is 7.89. The Bertz CT molecular complexity index is 867. The van der Waals surface area contributed by atoms with E-state index < -0.39 is 0 Å². The van der Waals surface area contributed by atoms with Crippen LogP contribution in [0.15, 0.2) is 54.7 Å². The lowest BCUT2D eigenvalue weighted by Gasteiger charge is -2.17. The number of hydrogen-bond acceptors (Lipinski definition) is 4. The summed E-state index contributed by atoms with van der Waals surface area (Å²) in [5, 5.41) is 5.78. The van der Waals surface area contributed by atoms with E-state index in [9.17, 15) is 4.79 Å². The fourth-order valence-corrected chi connectivity index (χ4v) is 2.83. The number of nitrogens with zero attached hydrogens (tertiary/aromatic N) is 1. The molecule has 1 aromatic heterocycles. The van der Waals surface area contributed by atoms with Crippen molar-refractivity contribution in [3.8, 4) is 0 Å². The minimum absolute atomic E-state index is 0.0643. The van der Waals surface area contributed by atoms with Crippen LogP contribution in [0, 0.1) is 6.92 Å². The van der Waals surface area contributed by atoms with E-state index in [1.165, 1.54) is 18.1 Å². The summed E-state index contributed by atoms with van der Waals surface area (Å²) >= 11 is 0. The van der Waals surface area contributed by atoms with Crippen molar-refractivity contribution in [2.24, 2.45) is 0 Å². The standard InChI is InChI=1S/C20H20N2O2/c1-13-5-4-6-16-11-12-21-19(18(13)16)22-14(2)15-7-9-17(10-8-15)20(23)24-3/h4-12,14H,1-3H3,(H,21,22)/t14-/m0/s1. The van der Waals surface area contributed by atoms with E-state index in [0.29, 0.717) is 5.56 Å². The van der Waals surface area contributed by atoms with E-state index in [-0.39, 0.29) is 12.0 Å². The number of anilines is 1. The third-order valence-electron chi connectivity index (χ3n) is 4.18. The van der Waals surface area contributed by atoms with Crippen molar-refractivity contribution >= 4 is 22.6 Å². The number of methoxy groups -OCH3 is 1. The monoisotopic (exact) mass is 320 g/mol. The molecule has 0 spiro atoms. The van der Waals surface area contributed by atoms with Crippen LogP contribution in [0.3, 0.4) is 0 Å². The van der Waals surface area contributed by atoms with Gasteiger partial charge in [-0.2, -0.15) is 0 Å². The Balaban J connectivity index is 1.87. The summed E-state index contributed by atoms with van der Waals surface area (Å²) < 4.78 is 4.73. The van der Waals surface area contributed by atoms with E-state index in [4.69, 9.17) is 4.74 Å². The van der Waals surface area contributed by atoms with E-state index in [1.54, 1.807) is 12.1 Å². The molecule has 1 N–H and O–H groups in total. The second-order valence-corrected chi connectivity index (χ2v) is 5.81. The molecule has 24 heavy (non-hydrogen) atoms. The molecule has 122 valence electrons. The average Bonchev–Trinajstić information content (AvgIpc) is 2.61. The summed E-state index contributed by atoms with van der Waals surface area (Å²) in [4.78, 5) is 16.0. The normalized spacial score (nSPS) is 12.0. The first kappa shape index (κ1) is 16.0. The van der Waals surface area contributed by atoms with E-state index >= 15 is 0 Å². The van der Waals surface area contributed by atoms with Crippen LogP contribution < -0.4 is 5.32 Å². The fraction of sp³-hybridized carbons (Fsp3) is 0.200. The second kappa shape index (κ2) is 6.71. The van der Waals surface area contributed by atoms with Crippen LogP contribution in [-0.2, 0) is 4.74 Å². The molecule has 0 aliphatic rings. The number of hydrogen-bond donors (Lipinski definition) is 1. The SMILES string of the molecule is COC(=O)c1ccc([C@H](C)Nc2nccc3cccc(C)c23)cc1. The topological polar surface area (TPSA) is 51.2 Å². The number of benzene rings is 2. The number of rotatable bonds is 4. The molecule has 0 aliphatic carbocycles. The Hall–Kier alpha value is -2.88. The Labute approximate surface area is 141 Å². The first-order valence-corrected chi connectivity index (χ1v) is 7.89.